The van der Waals surface area contributed by atoms with E-state index in [1.807, 2.05) is 0 Å². The normalized spacial score (nSPS) is 11.9. The summed E-state index contributed by atoms with van der Waals surface area (Å²) in [5, 5.41) is 18.1. The molecule has 4 nitrogen and oxygen atoms in total. The molecular weight excluding hydrogens is 263 g/mol. The van der Waals surface area contributed by atoms with Crippen LogP contribution in [-0.4, -0.2) is 23.3 Å². The molecule has 0 aliphatic heterocycles. The Morgan fingerprint density at radius 3 is 2.40 bits per heavy atom. The van der Waals surface area contributed by atoms with E-state index < -0.39 is 17.9 Å². The SMILES string of the molecule is COc1ccc(F)cc1-c1ccc(C(O)C(=O)O)cc1. The van der Waals surface area contributed by atoms with Gasteiger partial charge < -0.3 is 14.9 Å². The highest BCUT2D eigenvalue weighted by Gasteiger charge is 2.16. The summed E-state index contributed by atoms with van der Waals surface area (Å²) in [6.07, 6.45) is -1.57. The second-order valence-electron chi connectivity index (χ2n) is 4.21. The van der Waals surface area contributed by atoms with Crippen molar-refractivity contribution in [3.05, 3.63) is 53.8 Å². The van der Waals surface area contributed by atoms with Gasteiger partial charge in [-0.25, -0.2) is 9.18 Å². The molecular formula is C15H13FO4. The van der Waals surface area contributed by atoms with E-state index in [1.54, 1.807) is 12.1 Å². The van der Waals surface area contributed by atoms with Crippen molar-refractivity contribution in [2.45, 2.75) is 6.10 Å². The quantitative estimate of drug-likeness (QED) is 0.900. The molecule has 1 unspecified atom stereocenters. The molecule has 2 rings (SSSR count). The Kier molecular flexibility index (Phi) is 4.00. The maximum atomic E-state index is 13.3. The van der Waals surface area contributed by atoms with E-state index in [2.05, 4.69) is 0 Å². The lowest BCUT2D eigenvalue weighted by molar-refractivity contribution is -0.146. The number of methoxy groups -OCH3 is 1. The summed E-state index contributed by atoms with van der Waals surface area (Å²) in [4.78, 5) is 10.7. The van der Waals surface area contributed by atoms with Crippen molar-refractivity contribution in [3.8, 4) is 16.9 Å². The van der Waals surface area contributed by atoms with Gasteiger partial charge in [0.2, 0.25) is 0 Å². The first-order valence-corrected chi connectivity index (χ1v) is 5.87. The molecule has 2 aromatic carbocycles. The number of benzene rings is 2. The van der Waals surface area contributed by atoms with Gasteiger partial charge in [-0.15, -0.1) is 0 Å². The van der Waals surface area contributed by atoms with E-state index in [1.165, 1.54) is 37.4 Å². The minimum Gasteiger partial charge on any atom is -0.496 e. The summed E-state index contributed by atoms with van der Waals surface area (Å²) in [5.41, 5.74) is 1.49. The smallest absolute Gasteiger partial charge is 0.337 e. The van der Waals surface area contributed by atoms with Crippen LogP contribution >= 0.6 is 0 Å². The number of aliphatic hydroxyl groups excluding tert-OH is 1. The van der Waals surface area contributed by atoms with Crippen molar-refractivity contribution in [3.63, 3.8) is 0 Å². The lowest BCUT2D eigenvalue weighted by Crippen LogP contribution is -2.10. The van der Waals surface area contributed by atoms with Crippen molar-refractivity contribution < 1.29 is 24.1 Å². The van der Waals surface area contributed by atoms with Gasteiger partial charge >= 0.3 is 5.97 Å². The Morgan fingerprint density at radius 2 is 1.85 bits per heavy atom. The Balaban J connectivity index is 2.40. The van der Waals surface area contributed by atoms with Crippen molar-refractivity contribution in [2.24, 2.45) is 0 Å². The number of carboxylic acids is 1. The molecule has 0 amide bonds. The first kappa shape index (κ1) is 14.0. The molecule has 20 heavy (non-hydrogen) atoms. The lowest BCUT2D eigenvalue weighted by atomic mass is 10.0. The number of hydrogen-bond donors (Lipinski definition) is 2. The third-order valence-electron chi connectivity index (χ3n) is 2.93. The van der Waals surface area contributed by atoms with Gasteiger partial charge in [0.05, 0.1) is 7.11 Å². The monoisotopic (exact) mass is 276 g/mol. The zero-order chi connectivity index (χ0) is 14.7. The molecule has 0 radical (unpaired) electrons. The van der Waals surface area contributed by atoms with Gasteiger partial charge in [-0.05, 0) is 29.3 Å². The molecule has 0 heterocycles. The van der Waals surface area contributed by atoms with E-state index in [9.17, 15) is 14.3 Å². The number of ether oxygens (including phenoxy) is 1. The molecule has 0 aliphatic rings. The Hall–Kier alpha value is -2.40. The third kappa shape index (κ3) is 2.78. The second kappa shape index (κ2) is 5.71. The molecule has 0 aromatic heterocycles. The number of aliphatic carboxylic acids is 1. The van der Waals surface area contributed by atoms with E-state index >= 15 is 0 Å². The largest absolute Gasteiger partial charge is 0.496 e. The highest BCUT2D eigenvalue weighted by molar-refractivity contribution is 5.75. The van der Waals surface area contributed by atoms with Crippen LogP contribution in [0, 0.1) is 5.82 Å². The first-order chi connectivity index (χ1) is 9.52. The summed E-state index contributed by atoms with van der Waals surface area (Å²) < 4.78 is 18.5. The van der Waals surface area contributed by atoms with Crippen LogP contribution in [0.4, 0.5) is 4.39 Å². The highest BCUT2D eigenvalue weighted by atomic mass is 19.1. The lowest BCUT2D eigenvalue weighted by Gasteiger charge is -2.10. The zero-order valence-corrected chi connectivity index (χ0v) is 10.7. The van der Waals surface area contributed by atoms with Crippen molar-refractivity contribution in [1.29, 1.82) is 0 Å². The molecule has 0 fully saturated rings. The summed E-state index contributed by atoms with van der Waals surface area (Å²) >= 11 is 0. The van der Waals surface area contributed by atoms with Crippen LogP contribution in [0.3, 0.4) is 0 Å². The average molecular weight is 276 g/mol. The minimum absolute atomic E-state index is 0.261. The molecule has 0 saturated heterocycles. The summed E-state index contributed by atoms with van der Waals surface area (Å²) in [5.74, 6) is -1.20. The predicted molar refractivity (Wildman–Crippen MR) is 71.0 cm³/mol. The number of aliphatic hydroxyl groups is 1. The van der Waals surface area contributed by atoms with Gasteiger partial charge in [-0.2, -0.15) is 0 Å². The van der Waals surface area contributed by atoms with E-state index in [0.717, 1.165) is 0 Å². The van der Waals surface area contributed by atoms with Crippen molar-refractivity contribution >= 4 is 5.97 Å². The van der Waals surface area contributed by atoms with Crippen LogP contribution in [0.15, 0.2) is 42.5 Å². The van der Waals surface area contributed by atoms with Crippen LogP contribution in [0.25, 0.3) is 11.1 Å². The summed E-state index contributed by atoms with van der Waals surface area (Å²) in [7, 11) is 1.49. The number of carbonyl (C=O) groups is 1. The van der Waals surface area contributed by atoms with Crippen LogP contribution in [0.1, 0.15) is 11.7 Å². The number of hydrogen-bond acceptors (Lipinski definition) is 3. The molecule has 2 N–H and O–H groups in total. The number of rotatable bonds is 4. The minimum atomic E-state index is -1.57. The standard InChI is InChI=1S/C15H13FO4/c1-20-13-7-6-11(16)8-12(13)9-2-4-10(5-3-9)14(17)15(18)19/h2-8,14,17H,1H3,(H,18,19). The summed E-state index contributed by atoms with van der Waals surface area (Å²) in [6.45, 7) is 0. The van der Waals surface area contributed by atoms with Gasteiger partial charge in [0.25, 0.3) is 0 Å². The highest BCUT2D eigenvalue weighted by Crippen LogP contribution is 2.31. The predicted octanol–water partition coefficient (Wildman–Crippen LogP) is 2.62. The molecule has 1 atom stereocenters. The van der Waals surface area contributed by atoms with Crippen LogP contribution in [0.5, 0.6) is 5.75 Å². The Morgan fingerprint density at radius 1 is 1.20 bits per heavy atom. The van der Waals surface area contributed by atoms with Crippen LogP contribution in [0.2, 0.25) is 0 Å². The van der Waals surface area contributed by atoms with Crippen molar-refractivity contribution in [1.82, 2.24) is 0 Å². The molecule has 0 spiro atoms. The molecule has 0 aliphatic carbocycles. The van der Waals surface area contributed by atoms with Gasteiger partial charge in [-0.1, -0.05) is 24.3 Å². The molecule has 104 valence electrons. The second-order valence-corrected chi connectivity index (χ2v) is 4.21. The molecule has 2 aromatic rings. The fourth-order valence-corrected chi connectivity index (χ4v) is 1.89. The number of halogens is 1. The fourth-order valence-electron chi connectivity index (χ4n) is 1.89. The molecule has 0 bridgehead atoms. The maximum absolute atomic E-state index is 13.3. The molecule has 0 saturated carbocycles. The zero-order valence-electron chi connectivity index (χ0n) is 10.7. The van der Waals surface area contributed by atoms with E-state index in [4.69, 9.17) is 9.84 Å². The third-order valence-corrected chi connectivity index (χ3v) is 2.93. The van der Waals surface area contributed by atoms with Gasteiger partial charge in [-0.3, -0.25) is 0 Å². The average Bonchev–Trinajstić information content (AvgIpc) is 2.46. The van der Waals surface area contributed by atoms with Gasteiger partial charge in [0.15, 0.2) is 6.10 Å². The fraction of sp³-hybridized carbons (Fsp3) is 0.133. The van der Waals surface area contributed by atoms with Gasteiger partial charge in [0.1, 0.15) is 11.6 Å². The van der Waals surface area contributed by atoms with E-state index in [-0.39, 0.29) is 5.56 Å². The van der Waals surface area contributed by atoms with Crippen LogP contribution < -0.4 is 4.74 Å². The maximum Gasteiger partial charge on any atom is 0.337 e. The Labute approximate surface area is 115 Å². The van der Waals surface area contributed by atoms with E-state index in [0.29, 0.717) is 16.9 Å². The summed E-state index contributed by atoms with van der Waals surface area (Å²) in [6, 6.07) is 10.3. The number of carboxylic acid groups (broad SMARTS) is 1. The van der Waals surface area contributed by atoms with Crippen LogP contribution in [-0.2, 0) is 4.79 Å². The Bertz CT molecular complexity index is 622. The topological polar surface area (TPSA) is 66.8 Å². The van der Waals surface area contributed by atoms with Crippen molar-refractivity contribution in [2.75, 3.05) is 7.11 Å². The first-order valence-electron chi connectivity index (χ1n) is 5.87. The van der Waals surface area contributed by atoms with Gasteiger partial charge in [0, 0.05) is 5.56 Å². The molecule has 5 heteroatoms.